The van der Waals surface area contributed by atoms with Gasteiger partial charge in [0.05, 0.1) is 35.4 Å². The van der Waals surface area contributed by atoms with Crippen molar-refractivity contribution >= 4 is 11.6 Å². The second-order valence-corrected chi connectivity index (χ2v) is 8.12. The quantitative estimate of drug-likeness (QED) is 0.488. The second-order valence-electron chi connectivity index (χ2n) is 8.12. The van der Waals surface area contributed by atoms with Gasteiger partial charge in [0.15, 0.2) is 5.65 Å². The van der Waals surface area contributed by atoms with Crippen molar-refractivity contribution in [3.8, 4) is 28.6 Å². The van der Waals surface area contributed by atoms with E-state index in [0.29, 0.717) is 41.1 Å². The van der Waals surface area contributed by atoms with Crippen LogP contribution in [0, 0.1) is 17.1 Å². The van der Waals surface area contributed by atoms with Crippen molar-refractivity contribution in [1.82, 2.24) is 24.2 Å². The van der Waals surface area contributed by atoms with Gasteiger partial charge in [0, 0.05) is 49.1 Å². The largest absolute Gasteiger partial charge is 0.336 e. The number of halogens is 1. The number of imidazole rings is 1. The molecule has 4 aromatic rings. The summed E-state index contributed by atoms with van der Waals surface area (Å²) in [5.74, 6) is -0.656. The number of rotatable bonds is 3. The van der Waals surface area contributed by atoms with Crippen molar-refractivity contribution < 1.29 is 9.18 Å². The minimum Gasteiger partial charge on any atom is -0.336 e. The van der Waals surface area contributed by atoms with Gasteiger partial charge in [-0.05, 0) is 37.4 Å². The Balaban J connectivity index is 1.46. The highest BCUT2D eigenvalue weighted by molar-refractivity contribution is 5.94. The molecule has 1 amide bonds. The first-order valence-corrected chi connectivity index (χ1v) is 10.6. The summed E-state index contributed by atoms with van der Waals surface area (Å²) in [6, 6.07) is 13.8. The Bertz CT molecular complexity index is 1380. The lowest BCUT2D eigenvalue weighted by Gasteiger charge is -2.32. The highest BCUT2D eigenvalue weighted by Gasteiger charge is 2.21. The molecule has 164 valence electrons. The van der Waals surface area contributed by atoms with Gasteiger partial charge in [0.25, 0.3) is 5.91 Å². The molecule has 0 unspecified atom stereocenters. The maximum Gasteiger partial charge on any atom is 0.254 e. The van der Waals surface area contributed by atoms with E-state index in [2.05, 4.69) is 20.9 Å². The first kappa shape index (κ1) is 20.8. The number of fused-ring (bicyclic) bond motifs is 1. The van der Waals surface area contributed by atoms with E-state index in [4.69, 9.17) is 5.26 Å². The van der Waals surface area contributed by atoms with Crippen LogP contribution in [0.1, 0.15) is 15.9 Å². The lowest BCUT2D eigenvalue weighted by atomic mass is 10.1. The highest BCUT2D eigenvalue weighted by Crippen LogP contribution is 2.26. The van der Waals surface area contributed by atoms with E-state index >= 15 is 4.39 Å². The van der Waals surface area contributed by atoms with Crippen LogP contribution in [0.4, 0.5) is 4.39 Å². The average Bonchev–Trinajstić information content (AvgIpc) is 3.27. The third kappa shape index (κ3) is 3.95. The van der Waals surface area contributed by atoms with Gasteiger partial charge in [-0.1, -0.05) is 12.1 Å². The predicted octanol–water partition coefficient (Wildman–Crippen LogP) is 3.46. The predicted molar refractivity (Wildman–Crippen MR) is 122 cm³/mol. The molecule has 3 heterocycles. The van der Waals surface area contributed by atoms with E-state index in [9.17, 15) is 4.79 Å². The Hall–Kier alpha value is -4.09. The van der Waals surface area contributed by atoms with E-state index in [-0.39, 0.29) is 5.91 Å². The van der Waals surface area contributed by atoms with Gasteiger partial charge in [0.2, 0.25) is 0 Å². The van der Waals surface area contributed by atoms with Gasteiger partial charge in [-0.15, -0.1) is 0 Å². The van der Waals surface area contributed by atoms with Crippen LogP contribution in [0.5, 0.6) is 0 Å². The van der Waals surface area contributed by atoms with Gasteiger partial charge in [0.1, 0.15) is 5.82 Å². The number of carbonyl (C=O) groups is 1. The number of benzene rings is 2. The summed E-state index contributed by atoms with van der Waals surface area (Å²) < 4.78 is 16.9. The minimum absolute atomic E-state index is 0.158. The smallest absolute Gasteiger partial charge is 0.254 e. The van der Waals surface area contributed by atoms with Crippen LogP contribution in [0.2, 0.25) is 0 Å². The van der Waals surface area contributed by atoms with E-state index in [1.54, 1.807) is 47.8 Å². The molecule has 1 saturated heterocycles. The molecular weight excluding hydrogens is 419 g/mol. The topological polar surface area (TPSA) is 77.5 Å². The van der Waals surface area contributed by atoms with Crippen LogP contribution in [-0.4, -0.2) is 63.3 Å². The zero-order valence-electron chi connectivity index (χ0n) is 18.1. The molecule has 2 aromatic carbocycles. The third-order valence-electron chi connectivity index (χ3n) is 5.99. The normalized spacial score (nSPS) is 14.4. The molecule has 0 aliphatic carbocycles. The number of aromatic nitrogens is 3. The molecule has 0 spiro atoms. The molecule has 5 rings (SSSR count). The summed E-state index contributed by atoms with van der Waals surface area (Å²) in [5.41, 5.74) is 3.97. The number of amides is 1. The second kappa shape index (κ2) is 8.45. The van der Waals surface area contributed by atoms with E-state index in [0.717, 1.165) is 24.3 Å². The summed E-state index contributed by atoms with van der Waals surface area (Å²) in [5, 5.41) is 9.02. The fourth-order valence-electron chi connectivity index (χ4n) is 4.01. The Kier molecular flexibility index (Phi) is 5.32. The van der Waals surface area contributed by atoms with Crippen molar-refractivity contribution in [2.24, 2.45) is 0 Å². The molecule has 2 aromatic heterocycles. The summed E-state index contributed by atoms with van der Waals surface area (Å²) in [6.45, 7) is 2.89. The van der Waals surface area contributed by atoms with Crippen LogP contribution < -0.4 is 0 Å². The van der Waals surface area contributed by atoms with Gasteiger partial charge >= 0.3 is 0 Å². The number of carbonyl (C=O) groups excluding carboxylic acids is 1. The monoisotopic (exact) mass is 440 g/mol. The molecule has 8 heteroatoms. The number of likely N-dealkylation sites (N-methyl/N-ethyl adjacent to an activating group) is 1. The highest BCUT2D eigenvalue weighted by atomic mass is 19.1. The van der Waals surface area contributed by atoms with Crippen molar-refractivity contribution in [3.63, 3.8) is 0 Å². The maximum atomic E-state index is 15.1. The fourth-order valence-corrected chi connectivity index (χ4v) is 4.01. The van der Waals surface area contributed by atoms with E-state index in [1.807, 2.05) is 23.6 Å². The summed E-state index contributed by atoms with van der Waals surface area (Å²) in [4.78, 5) is 25.5. The molecule has 0 saturated carbocycles. The first-order chi connectivity index (χ1) is 16.0. The Morgan fingerprint density at radius 2 is 1.79 bits per heavy atom. The molecule has 0 radical (unpaired) electrons. The van der Waals surface area contributed by atoms with Crippen molar-refractivity contribution in [2.45, 2.75) is 0 Å². The van der Waals surface area contributed by atoms with Crippen LogP contribution in [-0.2, 0) is 0 Å². The van der Waals surface area contributed by atoms with Crippen LogP contribution >= 0.6 is 0 Å². The SMILES string of the molecule is CN1CCN(C(=O)c2ccc(-c3cn4c(-c5ccc(C#N)cc5)cnc4cn3)c(F)c2)CC1. The summed E-state index contributed by atoms with van der Waals surface area (Å²) in [7, 11) is 2.02. The number of piperazine rings is 1. The molecule has 0 atom stereocenters. The van der Waals surface area contributed by atoms with Gasteiger partial charge in [-0.3, -0.25) is 14.2 Å². The molecular formula is C25H21FN6O. The fraction of sp³-hybridized carbons (Fsp3) is 0.200. The van der Waals surface area contributed by atoms with Crippen LogP contribution in [0.3, 0.4) is 0 Å². The molecule has 0 bridgehead atoms. The van der Waals surface area contributed by atoms with Crippen LogP contribution in [0.25, 0.3) is 28.2 Å². The van der Waals surface area contributed by atoms with Gasteiger partial charge in [-0.2, -0.15) is 5.26 Å². The molecule has 7 nitrogen and oxygen atoms in total. The lowest BCUT2D eigenvalue weighted by molar-refractivity contribution is 0.0663. The van der Waals surface area contributed by atoms with E-state index < -0.39 is 5.82 Å². The molecule has 1 fully saturated rings. The van der Waals surface area contributed by atoms with Gasteiger partial charge in [-0.25, -0.2) is 9.37 Å². The zero-order chi connectivity index (χ0) is 22.9. The number of hydrogen-bond donors (Lipinski definition) is 0. The third-order valence-corrected chi connectivity index (χ3v) is 5.99. The summed E-state index contributed by atoms with van der Waals surface area (Å²) >= 11 is 0. The van der Waals surface area contributed by atoms with Gasteiger partial charge < -0.3 is 9.80 Å². The first-order valence-electron chi connectivity index (χ1n) is 10.6. The lowest BCUT2D eigenvalue weighted by Crippen LogP contribution is -2.47. The van der Waals surface area contributed by atoms with Crippen molar-refractivity contribution in [1.29, 1.82) is 5.26 Å². The Morgan fingerprint density at radius 1 is 1.03 bits per heavy atom. The number of nitriles is 1. The number of nitrogens with zero attached hydrogens (tertiary/aromatic N) is 6. The Morgan fingerprint density at radius 3 is 2.48 bits per heavy atom. The van der Waals surface area contributed by atoms with Crippen molar-refractivity contribution in [3.05, 3.63) is 78.0 Å². The minimum atomic E-state index is -0.498. The Labute approximate surface area is 190 Å². The molecule has 33 heavy (non-hydrogen) atoms. The van der Waals surface area contributed by atoms with Crippen molar-refractivity contribution in [2.75, 3.05) is 33.2 Å². The number of hydrogen-bond acceptors (Lipinski definition) is 5. The average molecular weight is 440 g/mol. The molecule has 0 N–H and O–H groups in total. The van der Waals surface area contributed by atoms with Crippen LogP contribution in [0.15, 0.2) is 61.1 Å². The zero-order valence-corrected chi connectivity index (χ0v) is 18.1. The molecule has 1 aliphatic heterocycles. The summed E-state index contributed by atoms with van der Waals surface area (Å²) in [6.07, 6.45) is 5.04. The maximum absolute atomic E-state index is 15.1. The van der Waals surface area contributed by atoms with E-state index in [1.165, 1.54) is 6.07 Å². The standard InChI is InChI=1S/C25H21FN6O/c1-30-8-10-31(11-9-30)25(33)19-6-7-20(21(26)12-19)22-16-32-23(14-29-24(32)15-28-22)18-4-2-17(13-27)3-5-18/h2-7,12,14-16H,8-11H2,1H3. The molecule has 1 aliphatic rings.